The first kappa shape index (κ1) is 20.1. The maximum absolute atomic E-state index is 13.3. The van der Waals surface area contributed by atoms with Gasteiger partial charge in [-0.15, -0.1) is 0 Å². The highest BCUT2D eigenvalue weighted by Crippen LogP contribution is 2.49. The molecule has 0 bridgehead atoms. The summed E-state index contributed by atoms with van der Waals surface area (Å²) in [6.45, 7) is 2.77. The van der Waals surface area contributed by atoms with E-state index in [4.69, 9.17) is 0 Å². The molecule has 0 aliphatic carbocycles. The fourth-order valence-electron chi connectivity index (χ4n) is 5.82. The number of hydrogen-bond donors (Lipinski definition) is 2. The Balaban J connectivity index is 1.35. The third-order valence-electron chi connectivity index (χ3n) is 7.52. The third kappa shape index (κ3) is 2.94. The average molecular weight is 444 g/mol. The molecule has 2 fully saturated rings. The Morgan fingerprint density at radius 1 is 0.909 bits per heavy atom. The summed E-state index contributed by atoms with van der Waals surface area (Å²) in [4.78, 5) is 53.4. The first-order chi connectivity index (χ1) is 16.0. The molecule has 6 rings (SSSR count). The predicted molar refractivity (Wildman–Crippen MR) is 120 cm³/mol. The number of nitrogens with one attached hydrogen (secondary N) is 2. The first-order valence-electron chi connectivity index (χ1n) is 11.4. The normalized spacial score (nSPS) is 23.7. The van der Waals surface area contributed by atoms with E-state index >= 15 is 0 Å². The fraction of sp³-hybridized carbons (Fsp3) is 0.360. The highest BCUT2D eigenvalue weighted by molar-refractivity contribution is 6.23. The number of amides is 4. The molecule has 0 saturated carbocycles. The standard InChI is InChI=1S/C25H24N4O4/c30-21-8-7-20(22(31)27-21)29-23(32)16-6-5-15(13-17(16)24(29)33)28-14-25(9-11-26-12-10-25)18-3-1-2-4-19(18)28/h1-6,13,20,26H,7-12,14H2,(H,27,30,31). The maximum Gasteiger partial charge on any atom is 0.262 e. The lowest BCUT2D eigenvalue weighted by Gasteiger charge is -2.35. The van der Waals surface area contributed by atoms with Crippen molar-refractivity contribution in [2.24, 2.45) is 0 Å². The van der Waals surface area contributed by atoms with Gasteiger partial charge in [0.05, 0.1) is 11.1 Å². The van der Waals surface area contributed by atoms with Crippen molar-refractivity contribution >= 4 is 35.0 Å². The quantitative estimate of drug-likeness (QED) is 0.686. The van der Waals surface area contributed by atoms with Crippen molar-refractivity contribution in [2.75, 3.05) is 24.5 Å². The van der Waals surface area contributed by atoms with E-state index in [1.807, 2.05) is 12.1 Å². The van der Waals surface area contributed by atoms with Crippen LogP contribution in [0.4, 0.5) is 11.4 Å². The van der Waals surface area contributed by atoms with Gasteiger partial charge < -0.3 is 10.2 Å². The highest BCUT2D eigenvalue weighted by Gasteiger charge is 2.46. The number of carbonyl (C=O) groups excluding carboxylic acids is 4. The average Bonchev–Trinajstić information content (AvgIpc) is 3.27. The number of benzene rings is 2. The molecule has 0 radical (unpaired) electrons. The van der Waals surface area contributed by atoms with Gasteiger partial charge in [0.2, 0.25) is 11.8 Å². The number of piperidine rings is 2. The van der Waals surface area contributed by atoms with Crippen LogP contribution in [-0.2, 0) is 15.0 Å². The summed E-state index contributed by atoms with van der Waals surface area (Å²) in [6.07, 6.45) is 2.36. The zero-order valence-corrected chi connectivity index (χ0v) is 18.1. The Bertz CT molecular complexity index is 1220. The van der Waals surface area contributed by atoms with Crippen LogP contribution in [0.3, 0.4) is 0 Å². The van der Waals surface area contributed by atoms with Crippen LogP contribution in [0, 0.1) is 0 Å². The van der Waals surface area contributed by atoms with Gasteiger partial charge in [0.15, 0.2) is 0 Å². The van der Waals surface area contributed by atoms with Crippen molar-refractivity contribution in [3.63, 3.8) is 0 Å². The van der Waals surface area contributed by atoms with Gasteiger partial charge in [-0.1, -0.05) is 18.2 Å². The first-order valence-corrected chi connectivity index (χ1v) is 11.4. The fourth-order valence-corrected chi connectivity index (χ4v) is 5.82. The molecular weight excluding hydrogens is 420 g/mol. The lowest BCUT2D eigenvalue weighted by molar-refractivity contribution is -0.136. The molecule has 4 heterocycles. The summed E-state index contributed by atoms with van der Waals surface area (Å²) in [5.41, 5.74) is 4.02. The molecule has 1 atom stereocenters. The van der Waals surface area contributed by atoms with Gasteiger partial charge in [-0.3, -0.25) is 29.4 Å². The van der Waals surface area contributed by atoms with Gasteiger partial charge in [-0.25, -0.2) is 0 Å². The molecule has 2 aromatic rings. The van der Waals surface area contributed by atoms with Crippen LogP contribution in [0.2, 0.25) is 0 Å². The molecule has 2 saturated heterocycles. The van der Waals surface area contributed by atoms with Crippen molar-refractivity contribution in [1.29, 1.82) is 0 Å². The number of hydrogen-bond acceptors (Lipinski definition) is 6. The molecular formula is C25H24N4O4. The molecule has 1 spiro atoms. The van der Waals surface area contributed by atoms with Gasteiger partial charge in [0.25, 0.3) is 11.8 Å². The Labute approximate surface area is 190 Å². The van der Waals surface area contributed by atoms with E-state index in [0.717, 1.165) is 48.8 Å². The minimum Gasteiger partial charge on any atom is -0.340 e. The zero-order valence-electron chi connectivity index (χ0n) is 18.1. The number of carbonyl (C=O) groups is 4. The second-order valence-electron chi connectivity index (χ2n) is 9.31. The summed E-state index contributed by atoms with van der Waals surface area (Å²) < 4.78 is 0. The number of fused-ring (bicyclic) bond motifs is 3. The van der Waals surface area contributed by atoms with E-state index in [0.29, 0.717) is 11.1 Å². The summed E-state index contributed by atoms with van der Waals surface area (Å²) in [5.74, 6) is -1.93. The van der Waals surface area contributed by atoms with Gasteiger partial charge in [-0.2, -0.15) is 0 Å². The topological polar surface area (TPSA) is 98.8 Å². The number of nitrogens with zero attached hydrogens (tertiary/aromatic N) is 2. The lowest BCUT2D eigenvalue weighted by Crippen LogP contribution is -2.54. The molecule has 8 nitrogen and oxygen atoms in total. The van der Waals surface area contributed by atoms with Crippen molar-refractivity contribution in [3.05, 3.63) is 59.2 Å². The molecule has 4 aliphatic rings. The summed E-state index contributed by atoms with van der Waals surface area (Å²) in [5, 5.41) is 5.69. The van der Waals surface area contributed by atoms with Gasteiger partial charge in [0.1, 0.15) is 6.04 Å². The van der Waals surface area contributed by atoms with Crippen LogP contribution in [0.5, 0.6) is 0 Å². The Morgan fingerprint density at radius 2 is 1.67 bits per heavy atom. The summed E-state index contributed by atoms with van der Waals surface area (Å²) in [6, 6.07) is 12.8. The SMILES string of the molecule is O=C1CCC(N2C(=O)c3ccc(N4CC5(CCNCC5)c5ccccc54)cc3C2=O)C(=O)N1. The van der Waals surface area contributed by atoms with E-state index in [1.165, 1.54) is 5.56 Å². The minimum atomic E-state index is -0.955. The molecule has 168 valence electrons. The molecule has 1 unspecified atom stereocenters. The summed E-state index contributed by atoms with van der Waals surface area (Å²) in [7, 11) is 0. The van der Waals surface area contributed by atoms with Crippen LogP contribution >= 0.6 is 0 Å². The Kier molecular flexibility index (Phi) is 4.42. The van der Waals surface area contributed by atoms with Crippen LogP contribution in [0.1, 0.15) is 52.0 Å². The predicted octanol–water partition coefficient (Wildman–Crippen LogP) is 1.86. The van der Waals surface area contributed by atoms with Crippen molar-refractivity contribution < 1.29 is 19.2 Å². The molecule has 0 aromatic heterocycles. The van der Waals surface area contributed by atoms with E-state index in [9.17, 15) is 19.2 Å². The highest BCUT2D eigenvalue weighted by atomic mass is 16.2. The Hall–Kier alpha value is -3.52. The number of imide groups is 2. The van der Waals surface area contributed by atoms with Crippen molar-refractivity contribution in [1.82, 2.24) is 15.5 Å². The van der Waals surface area contributed by atoms with Crippen LogP contribution in [-0.4, -0.2) is 54.2 Å². The Morgan fingerprint density at radius 3 is 2.45 bits per heavy atom. The summed E-state index contributed by atoms with van der Waals surface area (Å²) >= 11 is 0. The minimum absolute atomic E-state index is 0.0689. The van der Waals surface area contributed by atoms with Crippen molar-refractivity contribution in [2.45, 2.75) is 37.1 Å². The van der Waals surface area contributed by atoms with Crippen molar-refractivity contribution in [3.8, 4) is 0 Å². The second kappa shape index (κ2) is 7.25. The van der Waals surface area contributed by atoms with E-state index in [2.05, 4.69) is 33.7 Å². The number of rotatable bonds is 2. The second-order valence-corrected chi connectivity index (χ2v) is 9.31. The molecule has 33 heavy (non-hydrogen) atoms. The van der Waals surface area contributed by atoms with Crippen LogP contribution in [0.15, 0.2) is 42.5 Å². The number of para-hydroxylation sites is 1. The smallest absolute Gasteiger partial charge is 0.262 e. The molecule has 2 N–H and O–H groups in total. The third-order valence-corrected chi connectivity index (χ3v) is 7.52. The maximum atomic E-state index is 13.3. The zero-order chi connectivity index (χ0) is 22.7. The van der Waals surface area contributed by atoms with Gasteiger partial charge in [0, 0.05) is 29.8 Å². The van der Waals surface area contributed by atoms with Gasteiger partial charge >= 0.3 is 0 Å². The molecule has 4 amide bonds. The van der Waals surface area contributed by atoms with Gasteiger partial charge in [-0.05, 0) is 62.2 Å². The molecule has 2 aromatic carbocycles. The number of anilines is 2. The monoisotopic (exact) mass is 444 g/mol. The van der Waals surface area contributed by atoms with Crippen LogP contribution in [0.25, 0.3) is 0 Å². The van der Waals surface area contributed by atoms with Crippen LogP contribution < -0.4 is 15.5 Å². The van der Waals surface area contributed by atoms with E-state index < -0.39 is 23.8 Å². The molecule has 8 heteroatoms. The molecule has 4 aliphatic heterocycles. The largest absolute Gasteiger partial charge is 0.340 e. The van der Waals surface area contributed by atoms with E-state index in [-0.39, 0.29) is 24.2 Å². The lowest BCUT2D eigenvalue weighted by atomic mass is 9.75. The van der Waals surface area contributed by atoms with E-state index in [1.54, 1.807) is 12.1 Å².